The van der Waals surface area contributed by atoms with E-state index in [4.69, 9.17) is 5.11 Å². The highest BCUT2D eigenvalue weighted by Crippen LogP contribution is 2.24. The number of aryl methyl sites for hydroxylation is 1. The Hall–Kier alpha value is -2.89. The molecule has 0 saturated heterocycles. The van der Waals surface area contributed by atoms with Crippen LogP contribution in [0.15, 0.2) is 30.7 Å². The number of aromatic carboxylic acids is 1. The zero-order valence-corrected chi connectivity index (χ0v) is 11.3. The van der Waals surface area contributed by atoms with E-state index in [9.17, 15) is 9.59 Å². The molecule has 3 aromatic rings. The summed E-state index contributed by atoms with van der Waals surface area (Å²) in [4.78, 5) is 33.0. The van der Waals surface area contributed by atoms with Crippen molar-refractivity contribution in [1.82, 2.24) is 15.0 Å². The maximum absolute atomic E-state index is 12.5. The van der Waals surface area contributed by atoms with E-state index in [0.29, 0.717) is 5.56 Å². The minimum atomic E-state index is -1.20. The molecule has 0 bridgehead atoms. The van der Waals surface area contributed by atoms with Gasteiger partial charge < -0.3 is 15.1 Å². The molecule has 6 heteroatoms. The van der Waals surface area contributed by atoms with Gasteiger partial charge in [-0.3, -0.25) is 4.79 Å². The number of carbonyl (C=O) groups excluding carboxylic acids is 1. The number of aromatic nitrogens is 3. The fourth-order valence-corrected chi connectivity index (χ4v) is 2.46. The Morgan fingerprint density at radius 1 is 1.29 bits per heavy atom. The molecule has 0 saturated carbocycles. The predicted octanol–water partition coefficient (Wildman–Crippen LogP) is 2.38. The van der Waals surface area contributed by atoms with Crippen molar-refractivity contribution in [2.24, 2.45) is 0 Å². The Morgan fingerprint density at radius 3 is 2.81 bits per heavy atom. The predicted molar refractivity (Wildman–Crippen MR) is 76.7 cm³/mol. The number of aromatic amines is 2. The number of H-pyrrole nitrogens is 2. The molecule has 0 aliphatic heterocycles. The molecular weight excluding hydrogens is 270 g/mol. The number of carbonyl (C=O) groups is 2. The quantitative estimate of drug-likeness (QED) is 0.640. The van der Waals surface area contributed by atoms with Crippen molar-refractivity contribution < 1.29 is 14.7 Å². The summed E-state index contributed by atoms with van der Waals surface area (Å²) in [6, 6.07) is 5.71. The lowest BCUT2D eigenvalue weighted by molar-refractivity contribution is 0.0687. The molecular formula is C15H13N3O3. The average molecular weight is 283 g/mol. The molecule has 0 atom stereocenters. The number of carboxylic acid groups (broad SMARTS) is 1. The Kier molecular flexibility index (Phi) is 3.06. The number of fused-ring (bicyclic) bond motifs is 1. The second-order valence-corrected chi connectivity index (χ2v) is 4.66. The van der Waals surface area contributed by atoms with Crippen molar-refractivity contribution in [3.8, 4) is 0 Å². The van der Waals surface area contributed by atoms with Gasteiger partial charge in [0.25, 0.3) is 0 Å². The Bertz CT molecular complexity index is 845. The van der Waals surface area contributed by atoms with E-state index in [2.05, 4.69) is 15.0 Å². The van der Waals surface area contributed by atoms with Crippen LogP contribution in [0.1, 0.15) is 39.0 Å². The Labute approximate surface area is 119 Å². The van der Waals surface area contributed by atoms with Crippen molar-refractivity contribution >= 4 is 22.7 Å². The number of rotatable bonds is 4. The summed E-state index contributed by atoms with van der Waals surface area (Å²) in [7, 11) is 0. The van der Waals surface area contributed by atoms with Gasteiger partial charge in [0, 0.05) is 22.7 Å². The highest BCUT2D eigenvalue weighted by atomic mass is 16.4. The van der Waals surface area contributed by atoms with Crippen molar-refractivity contribution in [1.29, 1.82) is 0 Å². The molecule has 2 aromatic heterocycles. The molecule has 0 unspecified atom stereocenters. The van der Waals surface area contributed by atoms with Crippen molar-refractivity contribution in [3.05, 3.63) is 53.2 Å². The Morgan fingerprint density at radius 2 is 2.10 bits per heavy atom. The van der Waals surface area contributed by atoms with Crippen LogP contribution in [0.25, 0.3) is 10.9 Å². The summed E-state index contributed by atoms with van der Waals surface area (Å²) in [6.07, 6.45) is 3.66. The summed E-state index contributed by atoms with van der Waals surface area (Å²) in [6.45, 7) is 2.04. The molecule has 106 valence electrons. The third kappa shape index (κ3) is 2.01. The fourth-order valence-electron chi connectivity index (χ4n) is 2.46. The summed E-state index contributed by atoms with van der Waals surface area (Å²) in [5.41, 5.74) is 2.16. The molecule has 0 spiro atoms. The molecule has 0 amide bonds. The van der Waals surface area contributed by atoms with E-state index >= 15 is 0 Å². The van der Waals surface area contributed by atoms with Crippen LogP contribution < -0.4 is 0 Å². The molecule has 3 rings (SSSR count). The number of carboxylic acids is 1. The monoisotopic (exact) mass is 283 g/mol. The van der Waals surface area contributed by atoms with Gasteiger partial charge in [-0.05, 0) is 12.0 Å². The fraction of sp³-hybridized carbons (Fsp3) is 0.133. The van der Waals surface area contributed by atoms with E-state index in [1.165, 1.54) is 6.33 Å². The van der Waals surface area contributed by atoms with Gasteiger partial charge in [-0.15, -0.1) is 0 Å². The second kappa shape index (κ2) is 4.90. The van der Waals surface area contributed by atoms with Crippen molar-refractivity contribution in [2.45, 2.75) is 13.3 Å². The molecule has 3 N–H and O–H groups in total. The van der Waals surface area contributed by atoms with Crippen LogP contribution in [-0.2, 0) is 6.42 Å². The van der Waals surface area contributed by atoms with Crippen molar-refractivity contribution in [3.63, 3.8) is 0 Å². The number of para-hydroxylation sites is 1. The number of hydrogen-bond acceptors (Lipinski definition) is 3. The van der Waals surface area contributed by atoms with Gasteiger partial charge in [0.2, 0.25) is 5.78 Å². The third-order valence-corrected chi connectivity index (χ3v) is 3.50. The summed E-state index contributed by atoms with van der Waals surface area (Å²) < 4.78 is 0. The van der Waals surface area contributed by atoms with Crippen LogP contribution in [-0.4, -0.2) is 31.8 Å². The van der Waals surface area contributed by atoms with Crippen LogP contribution in [0.4, 0.5) is 0 Å². The van der Waals surface area contributed by atoms with Crippen LogP contribution >= 0.6 is 0 Å². The van der Waals surface area contributed by atoms with E-state index in [1.807, 2.05) is 25.1 Å². The minimum absolute atomic E-state index is 0.0784. The number of imidazole rings is 1. The first kappa shape index (κ1) is 13.1. The SMILES string of the molecule is CCc1cccc2c(C(=O)c3nc[nH]c3C(=O)O)c[nH]c12. The number of nitrogens with zero attached hydrogens (tertiary/aromatic N) is 1. The maximum atomic E-state index is 12.5. The van der Waals surface area contributed by atoms with Crippen LogP contribution in [0.5, 0.6) is 0 Å². The van der Waals surface area contributed by atoms with Gasteiger partial charge in [0.1, 0.15) is 5.69 Å². The first-order valence-electron chi connectivity index (χ1n) is 6.53. The summed E-state index contributed by atoms with van der Waals surface area (Å²) >= 11 is 0. The highest BCUT2D eigenvalue weighted by molar-refractivity contribution is 6.18. The standard InChI is InChI=1S/C15H13N3O3/c1-2-8-4-3-5-9-10(6-16-11(8)9)14(19)12-13(15(20)21)18-7-17-12/h3-7,16H,2H2,1H3,(H,17,18)(H,20,21). The lowest BCUT2D eigenvalue weighted by Crippen LogP contribution is -2.09. The number of ketones is 1. The molecule has 6 nitrogen and oxygen atoms in total. The normalized spacial score (nSPS) is 10.9. The van der Waals surface area contributed by atoms with Gasteiger partial charge >= 0.3 is 5.97 Å². The minimum Gasteiger partial charge on any atom is -0.477 e. The second-order valence-electron chi connectivity index (χ2n) is 4.66. The molecule has 21 heavy (non-hydrogen) atoms. The van der Waals surface area contributed by atoms with Gasteiger partial charge in [-0.1, -0.05) is 25.1 Å². The van der Waals surface area contributed by atoms with Gasteiger partial charge in [0.15, 0.2) is 5.69 Å². The molecule has 1 aromatic carbocycles. The lowest BCUT2D eigenvalue weighted by Gasteiger charge is -2.00. The molecule has 2 heterocycles. The van der Waals surface area contributed by atoms with Gasteiger partial charge in [-0.25, -0.2) is 9.78 Å². The first-order chi connectivity index (χ1) is 10.1. The summed E-state index contributed by atoms with van der Waals surface area (Å²) in [5.74, 6) is -1.61. The average Bonchev–Trinajstić information content (AvgIpc) is 3.12. The first-order valence-corrected chi connectivity index (χ1v) is 6.53. The van der Waals surface area contributed by atoms with E-state index in [0.717, 1.165) is 22.9 Å². The number of benzene rings is 1. The van der Waals surface area contributed by atoms with Gasteiger partial charge in [0.05, 0.1) is 6.33 Å². The zero-order valence-electron chi connectivity index (χ0n) is 11.3. The third-order valence-electron chi connectivity index (χ3n) is 3.50. The Balaban J connectivity index is 2.14. The highest BCUT2D eigenvalue weighted by Gasteiger charge is 2.23. The van der Waals surface area contributed by atoms with E-state index in [1.54, 1.807) is 6.20 Å². The van der Waals surface area contributed by atoms with Gasteiger partial charge in [-0.2, -0.15) is 0 Å². The smallest absolute Gasteiger partial charge is 0.354 e. The molecule has 0 aliphatic carbocycles. The molecule has 0 radical (unpaired) electrons. The van der Waals surface area contributed by atoms with Crippen LogP contribution in [0.2, 0.25) is 0 Å². The lowest BCUT2D eigenvalue weighted by atomic mass is 10.0. The number of hydrogen-bond donors (Lipinski definition) is 3. The molecule has 0 fully saturated rings. The summed E-state index contributed by atoms with van der Waals surface area (Å²) in [5, 5.41) is 9.84. The van der Waals surface area contributed by atoms with E-state index < -0.39 is 11.8 Å². The van der Waals surface area contributed by atoms with Crippen LogP contribution in [0, 0.1) is 0 Å². The topological polar surface area (TPSA) is 98.8 Å². The van der Waals surface area contributed by atoms with Crippen LogP contribution in [0.3, 0.4) is 0 Å². The molecule has 0 aliphatic rings. The number of nitrogens with one attached hydrogen (secondary N) is 2. The largest absolute Gasteiger partial charge is 0.477 e. The maximum Gasteiger partial charge on any atom is 0.354 e. The van der Waals surface area contributed by atoms with Crippen molar-refractivity contribution in [2.75, 3.05) is 0 Å². The van der Waals surface area contributed by atoms with E-state index in [-0.39, 0.29) is 11.4 Å². The zero-order chi connectivity index (χ0) is 15.0.